The molecule has 1 aliphatic heterocycles. The molecule has 0 bridgehead atoms. The van der Waals surface area contributed by atoms with Gasteiger partial charge in [-0.25, -0.2) is 4.98 Å². The molecule has 0 N–H and O–H groups in total. The van der Waals surface area contributed by atoms with E-state index in [-0.39, 0.29) is 11.5 Å². The van der Waals surface area contributed by atoms with Gasteiger partial charge in [-0.3, -0.25) is 14.2 Å². The van der Waals surface area contributed by atoms with Gasteiger partial charge in [0.05, 0.1) is 11.1 Å². The highest BCUT2D eigenvalue weighted by molar-refractivity contribution is 7.99. The third kappa shape index (κ3) is 5.11. The Kier molecular flexibility index (Phi) is 7.44. The van der Waals surface area contributed by atoms with E-state index < -0.39 is 0 Å². The highest BCUT2D eigenvalue weighted by atomic mass is 32.2. The van der Waals surface area contributed by atoms with Crippen LogP contribution in [0.1, 0.15) is 35.8 Å². The fourth-order valence-electron chi connectivity index (χ4n) is 4.19. The molecule has 3 aromatic rings. The molecule has 1 fully saturated rings. The highest BCUT2D eigenvalue weighted by Gasteiger charge is 2.23. The predicted molar refractivity (Wildman–Crippen MR) is 139 cm³/mol. The first-order valence-electron chi connectivity index (χ1n) is 11.6. The number of aromatic nitrogens is 2. The summed E-state index contributed by atoms with van der Waals surface area (Å²) in [5.74, 6) is 0.413. The SMILES string of the molecule is CCCCn1c(SCC(=O)N2CCN(c3cccc(C)c3)CC2)nc2sc(C)c(C)c2c1=O. The van der Waals surface area contributed by atoms with Crippen molar-refractivity contribution < 1.29 is 4.79 Å². The lowest BCUT2D eigenvalue weighted by atomic mass is 10.2. The first kappa shape index (κ1) is 23.8. The second-order valence-electron chi connectivity index (χ2n) is 8.66. The summed E-state index contributed by atoms with van der Waals surface area (Å²) in [6.07, 6.45) is 1.91. The summed E-state index contributed by atoms with van der Waals surface area (Å²) in [6, 6.07) is 8.51. The van der Waals surface area contributed by atoms with Crippen LogP contribution in [-0.4, -0.2) is 52.3 Å². The van der Waals surface area contributed by atoms with E-state index in [0.717, 1.165) is 46.6 Å². The molecule has 0 atom stereocenters. The largest absolute Gasteiger partial charge is 0.368 e. The van der Waals surface area contributed by atoms with Gasteiger partial charge in [0.1, 0.15) is 4.83 Å². The van der Waals surface area contributed by atoms with Gasteiger partial charge in [-0.2, -0.15) is 0 Å². The molecule has 33 heavy (non-hydrogen) atoms. The van der Waals surface area contributed by atoms with Crippen molar-refractivity contribution in [1.29, 1.82) is 0 Å². The molecule has 0 radical (unpaired) electrons. The van der Waals surface area contributed by atoms with Crippen LogP contribution in [0, 0.1) is 20.8 Å². The number of thioether (sulfide) groups is 1. The molecule has 1 amide bonds. The molecule has 1 aliphatic rings. The third-order valence-corrected chi connectivity index (χ3v) is 8.38. The number of amides is 1. The van der Waals surface area contributed by atoms with Crippen molar-refractivity contribution in [2.75, 3.05) is 36.8 Å². The number of carbonyl (C=O) groups excluding carboxylic acids is 1. The van der Waals surface area contributed by atoms with Crippen molar-refractivity contribution in [3.8, 4) is 0 Å². The van der Waals surface area contributed by atoms with Gasteiger partial charge in [0.15, 0.2) is 5.16 Å². The Balaban J connectivity index is 1.44. The van der Waals surface area contributed by atoms with Crippen molar-refractivity contribution in [3.05, 3.63) is 50.6 Å². The monoisotopic (exact) mass is 484 g/mol. The molecule has 8 heteroatoms. The molecule has 2 aromatic heterocycles. The number of hydrogen-bond acceptors (Lipinski definition) is 6. The minimum Gasteiger partial charge on any atom is -0.368 e. The van der Waals surface area contributed by atoms with Crippen molar-refractivity contribution >= 4 is 44.9 Å². The standard InChI is InChI=1S/C25H32N4O2S2/c1-5-6-10-29-24(31)22-18(3)19(4)33-23(22)26-25(29)32-16-21(30)28-13-11-27(12-14-28)20-9-7-8-17(2)15-20/h7-9,15H,5-6,10-14,16H2,1-4H3. The van der Waals surface area contributed by atoms with Crippen LogP contribution < -0.4 is 10.5 Å². The van der Waals surface area contributed by atoms with Gasteiger partial charge in [-0.15, -0.1) is 11.3 Å². The van der Waals surface area contributed by atoms with Gasteiger partial charge in [-0.1, -0.05) is 37.2 Å². The molecule has 0 spiro atoms. The molecule has 0 aliphatic carbocycles. The lowest BCUT2D eigenvalue weighted by molar-refractivity contribution is -0.128. The van der Waals surface area contributed by atoms with Gasteiger partial charge >= 0.3 is 0 Å². The van der Waals surface area contributed by atoms with Gasteiger partial charge in [0.2, 0.25) is 5.91 Å². The lowest BCUT2D eigenvalue weighted by Crippen LogP contribution is -2.49. The third-order valence-electron chi connectivity index (χ3n) is 6.31. The molecular formula is C25H32N4O2S2. The van der Waals surface area contributed by atoms with E-state index in [1.165, 1.54) is 23.0 Å². The van der Waals surface area contributed by atoms with E-state index in [0.29, 0.717) is 30.5 Å². The number of unbranched alkanes of at least 4 members (excludes halogenated alkanes) is 1. The van der Waals surface area contributed by atoms with Crippen molar-refractivity contribution in [3.63, 3.8) is 0 Å². The number of aryl methyl sites for hydroxylation is 3. The van der Waals surface area contributed by atoms with Crippen molar-refractivity contribution in [2.45, 2.75) is 52.2 Å². The van der Waals surface area contributed by atoms with Crippen LogP contribution in [0.15, 0.2) is 34.2 Å². The fraction of sp³-hybridized carbons (Fsp3) is 0.480. The summed E-state index contributed by atoms with van der Waals surface area (Å²) in [6.45, 7) is 12.0. The maximum atomic E-state index is 13.2. The number of carbonyl (C=O) groups is 1. The zero-order valence-electron chi connectivity index (χ0n) is 19.9. The number of fused-ring (bicyclic) bond motifs is 1. The minimum absolute atomic E-state index is 0.0250. The number of benzene rings is 1. The smallest absolute Gasteiger partial charge is 0.263 e. The van der Waals surface area contributed by atoms with Crippen LogP contribution >= 0.6 is 23.1 Å². The average Bonchev–Trinajstić information content (AvgIpc) is 3.10. The van der Waals surface area contributed by atoms with Crippen molar-refractivity contribution in [2.24, 2.45) is 0 Å². The quantitative estimate of drug-likeness (QED) is 0.362. The van der Waals surface area contributed by atoms with E-state index >= 15 is 0 Å². The number of hydrogen-bond donors (Lipinski definition) is 0. The molecule has 176 valence electrons. The van der Waals surface area contributed by atoms with E-state index in [9.17, 15) is 9.59 Å². The van der Waals surface area contributed by atoms with Gasteiger partial charge < -0.3 is 9.80 Å². The summed E-state index contributed by atoms with van der Waals surface area (Å²) in [7, 11) is 0. The summed E-state index contributed by atoms with van der Waals surface area (Å²) in [5.41, 5.74) is 3.52. The zero-order valence-corrected chi connectivity index (χ0v) is 21.5. The Morgan fingerprint density at radius 1 is 1.15 bits per heavy atom. The van der Waals surface area contributed by atoms with Gasteiger partial charge in [-0.05, 0) is 50.5 Å². The molecule has 0 unspecified atom stereocenters. The van der Waals surface area contributed by atoms with Gasteiger partial charge in [0, 0.05) is 43.3 Å². The Morgan fingerprint density at radius 2 is 1.91 bits per heavy atom. The Hall–Kier alpha value is -2.32. The molecule has 0 saturated carbocycles. The van der Waals surface area contributed by atoms with Crippen LogP contribution in [0.3, 0.4) is 0 Å². The number of anilines is 1. The Morgan fingerprint density at radius 3 is 2.61 bits per heavy atom. The molecule has 1 aromatic carbocycles. The second kappa shape index (κ2) is 10.3. The van der Waals surface area contributed by atoms with Crippen LogP contribution in [0.25, 0.3) is 10.2 Å². The van der Waals surface area contributed by atoms with Crippen LogP contribution in [-0.2, 0) is 11.3 Å². The second-order valence-corrected chi connectivity index (χ2v) is 10.8. The Bertz CT molecular complexity index is 1210. The minimum atomic E-state index is 0.0250. The molecule has 3 heterocycles. The topological polar surface area (TPSA) is 58.4 Å². The fourth-order valence-corrected chi connectivity index (χ4v) is 6.19. The van der Waals surface area contributed by atoms with E-state index in [4.69, 9.17) is 4.98 Å². The van der Waals surface area contributed by atoms with Crippen LogP contribution in [0.2, 0.25) is 0 Å². The Labute approximate surface area is 203 Å². The first-order valence-corrected chi connectivity index (χ1v) is 13.4. The number of thiophene rings is 1. The lowest BCUT2D eigenvalue weighted by Gasteiger charge is -2.36. The zero-order chi connectivity index (χ0) is 23.5. The summed E-state index contributed by atoms with van der Waals surface area (Å²) >= 11 is 2.96. The molecular weight excluding hydrogens is 452 g/mol. The first-order chi connectivity index (χ1) is 15.9. The van der Waals surface area contributed by atoms with E-state index in [2.05, 4.69) is 43.0 Å². The number of nitrogens with zero attached hydrogens (tertiary/aromatic N) is 4. The number of rotatable bonds is 7. The van der Waals surface area contributed by atoms with Crippen molar-refractivity contribution in [1.82, 2.24) is 14.5 Å². The maximum Gasteiger partial charge on any atom is 0.263 e. The maximum absolute atomic E-state index is 13.2. The van der Waals surface area contributed by atoms with Crippen LogP contribution in [0.5, 0.6) is 0 Å². The average molecular weight is 485 g/mol. The molecule has 6 nitrogen and oxygen atoms in total. The summed E-state index contributed by atoms with van der Waals surface area (Å²) < 4.78 is 1.78. The van der Waals surface area contributed by atoms with E-state index in [1.807, 2.05) is 18.7 Å². The molecule has 1 saturated heterocycles. The van der Waals surface area contributed by atoms with Crippen LogP contribution in [0.4, 0.5) is 5.69 Å². The summed E-state index contributed by atoms with van der Waals surface area (Å²) in [5, 5.41) is 1.39. The van der Waals surface area contributed by atoms with E-state index in [1.54, 1.807) is 15.9 Å². The summed E-state index contributed by atoms with van der Waals surface area (Å²) in [4.78, 5) is 37.2. The molecule has 4 rings (SSSR count). The van der Waals surface area contributed by atoms with Gasteiger partial charge in [0.25, 0.3) is 5.56 Å². The number of piperazine rings is 1. The normalized spacial score (nSPS) is 14.3. The highest BCUT2D eigenvalue weighted by Crippen LogP contribution is 2.29. The predicted octanol–water partition coefficient (Wildman–Crippen LogP) is 4.62.